The number of carbonyl (C=O) groups is 3. The van der Waals surface area contributed by atoms with Gasteiger partial charge in [-0.05, 0) is 24.5 Å². The largest absolute Gasteiger partial charge is 0.480 e. The van der Waals surface area contributed by atoms with Crippen molar-refractivity contribution in [2.75, 3.05) is 0 Å². The molecule has 0 bridgehead atoms. The highest BCUT2D eigenvalue weighted by atomic mass is 16.4. The van der Waals surface area contributed by atoms with Gasteiger partial charge in [0, 0.05) is 0 Å². The summed E-state index contributed by atoms with van der Waals surface area (Å²) in [5, 5.41) is 9.25. The van der Waals surface area contributed by atoms with Crippen LogP contribution in [-0.4, -0.2) is 33.8 Å². The quantitative estimate of drug-likeness (QED) is 0.838. The second kappa shape index (κ2) is 4.84. The zero-order valence-corrected chi connectivity index (χ0v) is 10.8. The number of rotatable bonds is 4. The second-order valence-corrected chi connectivity index (χ2v) is 5.01. The van der Waals surface area contributed by atoms with Crippen molar-refractivity contribution in [3.63, 3.8) is 0 Å². The average molecular weight is 261 g/mol. The Morgan fingerprint density at radius 2 is 1.63 bits per heavy atom. The molecule has 0 aliphatic carbocycles. The summed E-state index contributed by atoms with van der Waals surface area (Å²) in [4.78, 5) is 36.5. The van der Waals surface area contributed by atoms with E-state index in [1.165, 1.54) is 0 Å². The molecule has 0 saturated carbocycles. The molecular formula is C14H15NO4. The van der Waals surface area contributed by atoms with Gasteiger partial charge in [-0.1, -0.05) is 26.0 Å². The van der Waals surface area contributed by atoms with E-state index >= 15 is 0 Å². The van der Waals surface area contributed by atoms with Gasteiger partial charge in [-0.2, -0.15) is 0 Å². The van der Waals surface area contributed by atoms with Crippen molar-refractivity contribution in [3.05, 3.63) is 35.4 Å². The van der Waals surface area contributed by atoms with E-state index in [0.717, 1.165) is 4.90 Å². The van der Waals surface area contributed by atoms with Crippen LogP contribution in [0.5, 0.6) is 0 Å². The van der Waals surface area contributed by atoms with Gasteiger partial charge in [0.15, 0.2) is 0 Å². The molecule has 19 heavy (non-hydrogen) atoms. The minimum absolute atomic E-state index is 0.0745. The maximum atomic E-state index is 12.2. The van der Waals surface area contributed by atoms with E-state index in [4.69, 9.17) is 0 Å². The van der Waals surface area contributed by atoms with E-state index < -0.39 is 23.8 Å². The molecule has 0 radical (unpaired) electrons. The number of hydrogen-bond donors (Lipinski definition) is 1. The number of hydrogen-bond acceptors (Lipinski definition) is 3. The number of carbonyl (C=O) groups excluding carboxylic acids is 2. The first-order valence-electron chi connectivity index (χ1n) is 6.13. The van der Waals surface area contributed by atoms with E-state index in [2.05, 4.69) is 0 Å². The molecule has 1 aromatic carbocycles. The third kappa shape index (κ3) is 2.23. The molecule has 1 aromatic rings. The molecule has 1 N–H and O–H groups in total. The number of fused-ring (bicyclic) bond motifs is 1. The number of aliphatic carboxylic acids is 1. The van der Waals surface area contributed by atoms with Crippen molar-refractivity contribution < 1.29 is 19.5 Å². The summed E-state index contributed by atoms with van der Waals surface area (Å²) in [5.41, 5.74) is 0.560. The van der Waals surface area contributed by atoms with Crippen LogP contribution in [0.25, 0.3) is 0 Å². The van der Waals surface area contributed by atoms with Crippen LogP contribution in [0.3, 0.4) is 0 Å². The van der Waals surface area contributed by atoms with Gasteiger partial charge in [0.2, 0.25) is 0 Å². The fourth-order valence-corrected chi connectivity index (χ4v) is 2.25. The van der Waals surface area contributed by atoms with Crippen molar-refractivity contribution in [3.8, 4) is 0 Å². The van der Waals surface area contributed by atoms with Crippen molar-refractivity contribution in [1.29, 1.82) is 0 Å². The molecule has 100 valence electrons. The molecule has 1 unspecified atom stereocenters. The predicted octanol–water partition coefficient (Wildman–Crippen LogP) is 1.78. The van der Waals surface area contributed by atoms with Crippen LogP contribution < -0.4 is 0 Å². The summed E-state index contributed by atoms with van der Waals surface area (Å²) in [6.45, 7) is 3.71. The highest BCUT2D eigenvalue weighted by molar-refractivity contribution is 6.22. The molecule has 1 aliphatic rings. The lowest BCUT2D eigenvalue weighted by atomic mass is 10.0. The molecule has 1 atom stereocenters. The van der Waals surface area contributed by atoms with Crippen molar-refractivity contribution in [2.45, 2.75) is 26.3 Å². The van der Waals surface area contributed by atoms with Crippen LogP contribution in [0.2, 0.25) is 0 Å². The molecule has 0 saturated heterocycles. The van der Waals surface area contributed by atoms with E-state index in [0.29, 0.717) is 0 Å². The second-order valence-electron chi connectivity index (χ2n) is 5.01. The van der Waals surface area contributed by atoms with Crippen molar-refractivity contribution in [2.24, 2.45) is 5.92 Å². The minimum Gasteiger partial charge on any atom is -0.480 e. The third-order valence-electron chi connectivity index (χ3n) is 3.12. The molecule has 2 rings (SSSR count). The Morgan fingerprint density at radius 3 is 2.00 bits per heavy atom. The standard InChI is InChI=1S/C14H15NO4/c1-8(2)7-11(14(18)19)15-12(16)9-5-3-4-6-10(9)13(15)17/h3-6,8,11H,7H2,1-2H3,(H,18,19). The van der Waals surface area contributed by atoms with Gasteiger partial charge in [0.05, 0.1) is 11.1 Å². The molecule has 0 spiro atoms. The van der Waals surface area contributed by atoms with Crippen LogP contribution in [0.4, 0.5) is 0 Å². The van der Waals surface area contributed by atoms with Gasteiger partial charge in [0.25, 0.3) is 11.8 Å². The SMILES string of the molecule is CC(C)CC(C(=O)O)N1C(=O)c2ccccc2C1=O. The first-order valence-corrected chi connectivity index (χ1v) is 6.13. The number of carboxylic acid groups (broad SMARTS) is 1. The van der Waals surface area contributed by atoms with Crippen LogP contribution in [-0.2, 0) is 4.79 Å². The summed E-state index contributed by atoms with van der Waals surface area (Å²) in [6, 6.07) is 5.30. The molecule has 0 fully saturated rings. The molecule has 1 aliphatic heterocycles. The van der Waals surface area contributed by atoms with E-state index in [1.807, 2.05) is 13.8 Å². The highest BCUT2D eigenvalue weighted by Gasteiger charge is 2.42. The molecule has 0 aromatic heterocycles. The van der Waals surface area contributed by atoms with Crippen LogP contribution >= 0.6 is 0 Å². The summed E-state index contributed by atoms with van der Waals surface area (Å²) in [7, 11) is 0. The zero-order chi connectivity index (χ0) is 14.2. The summed E-state index contributed by atoms with van der Waals surface area (Å²) >= 11 is 0. The Bertz CT molecular complexity index is 515. The minimum atomic E-state index is -1.15. The highest BCUT2D eigenvalue weighted by Crippen LogP contribution is 2.26. The van der Waals surface area contributed by atoms with Gasteiger partial charge in [0.1, 0.15) is 6.04 Å². The van der Waals surface area contributed by atoms with E-state index in [1.54, 1.807) is 24.3 Å². The van der Waals surface area contributed by atoms with E-state index in [-0.39, 0.29) is 23.5 Å². The van der Waals surface area contributed by atoms with Crippen molar-refractivity contribution >= 4 is 17.8 Å². The Balaban J connectivity index is 2.39. The van der Waals surface area contributed by atoms with Gasteiger partial charge >= 0.3 is 5.97 Å². The fourth-order valence-electron chi connectivity index (χ4n) is 2.25. The average Bonchev–Trinajstić information content (AvgIpc) is 2.60. The lowest BCUT2D eigenvalue weighted by Gasteiger charge is -2.23. The number of nitrogens with zero attached hydrogens (tertiary/aromatic N) is 1. The lowest BCUT2D eigenvalue weighted by molar-refractivity contribution is -0.142. The van der Waals surface area contributed by atoms with Crippen LogP contribution in [0.15, 0.2) is 24.3 Å². The fraction of sp³-hybridized carbons (Fsp3) is 0.357. The van der Waals surface area contributed by atoms with Gasteiger partial charge in [-0.25, -0.2) is 4.79 Å². The van der Waals surface area contributed by atoms with Gasteiger partial charge < -0.3 is 5.11 Å². The topological polar surface area (TPSA) is 74.7 Å². The summed E-state index contributed by atoms with van der Waals surface area (Å²) in [6.07, 6.45) is 0.251. The molecular weight excluding hydrogens is 246 g/mol. The normalized spacial score (nSPS) is 15.8. The monoisotopic (exact) mass is 261 g/mol. The van der Waals surface area contributed by atoms with Crippen LogP contribution in [0, 0.1) is 5.92 Å². The Labute approximate surface area is 110 Å². The molecule has 5 heteroatoms. The molecule has 2 amide bonds. The predicted molar refractivity (Wildman–Crippen MR) is 67.8 cm³/mol. The maximum Gasteiger partial charge on any atom is 0.326 e. The van der Waals surface area contributed by atoms with Crippen LogP contribution in [0.1, 0.15) is 41.0 Å². The maximum absolute atomic E-state index is 12.2. The number of carboxylic acids is 1. The van der Waals surface area contributed by atoms with Gasteiger partial charge in [-0.3, -0.25) is 14.5 Å². The Hall–Kier alpha value is -2.17. The zero-order valence-electron chi connectivity index (χ0n) is 10.8. The molecule has 5 nitrogen and oxygen atoms in total. The summed E-state index contributed by atoms with van der Waals surface area (Å²) in [5.74, 6) is -2.11. The lowest BCUT2D eigenvalue weighted by Crippen LogP contribution is -2.45. The third-order valence-corrected chi connectivity index (χ3v) is 3.12. The van der Waals surface area contributed by atoms with Crippen molar-refractivity contribution in [1.82, 2.24) is 4.90 Å². The number of imide groups is 1. The Kier molecular flexibility index (Phi) is 3.38. The first-order chi connectivity index (χ1) is 8.93. The number of benzene rings is 1. The van der Waals surface area contributed by atoms with Gasteiger partial charge in [-0.15, -0.1) is 0 Å². The summed E-state index contributed by atoms with van der Waals surface area (Å²) < 4.78 is 0. The van der Waals surface area contributed by atoms with E-state index in [9.17, 15) is 19.5 Å². The first kappa shape index (κ1) is 13.3. The Morgan fingerprint density at radius 1 is 1.16 bits per heavy atom. The molecule has 1 heterocycles. The smallest absolute Gasteiger partial charge is 0.326 e. The number of amides is 2.